The normalized spacial score (nSPS) is 10.8. The second-order valence-corrected chi connectivity index (χ2v) is 4.88. The first kappa shape index (κ1) is 17.2. The molecule has 24 heavy (non-hydrogen) atoms. The average molecular weight is 325 g/mol. The van der Waals surface area contributed by atoms with E-state index >= 15 is 0 Å². The van der Waals surface area contributed by atoms with Crippen LogP contribution in [0.3, 0.4) is 0 Å². The summed E-state index contributed by atoms with van der Waals surface area (Å²) in [5, 5.41) is 9.05. The van der Waals surface area contributed by atoms with Crippen LogP contribution in [0.5, 0.6) is 5.75 Å². The minimum absolute atomic E-state index is 0.0764. The van der Waals surface area contributed by atoms with Crippen LogP contribution in [0.15, 0.2) is 54.1 Å². The molecule has 0 amide bonds. The van der Waals surface area contributed by atoms with Gasteiger partial charge in [-0.05, 0) is 48.4 Å². The topological polar surface area (TPSA) is 59.3 Å². The number of halogens is 1. The molecule has 2 aromatic carbocycles. The summed E-state index contributed by atoms with van der Waals surface area (Å²) in [7, 11) is 0. The van der Waals surface area contributed by atoms with Gasteiger partial charge in [-0.15, -0.1) is 0 Å². The zero-order valence-electron chi connectivity index (χ0n) is 13.2. The van der Waals surface area contributed by atoms with Gasteiger partial charge in [0.15, 0.2) is 0 Å². The van der Waals surface area contributed by atoms with Gasteiger partial charge in [0.25, 0.3) is 0 Å². The molecule has 4 nitrogen and oxygen atoms in total. The van der Waals surface area contributed by atoms with Crippen molar-refractivity contribution in [1.82, 2.24) is 0 Å². The fourth-order valence-electron chi connectivity index (χ4n) is 1.95. The fraction of sp³-hybridized carbons (Fsp3) is 0.158. The molecule has 0 aliphatic carbocycles. The van der Waals surface area contributed by atoms with Crippen LogP contribution in [0.25, 0.3) is 6.08 Å². The first-order chi connectivity index (χ1) is 11.6. The Morgan fingerprint density at radius 2 is 2.00 bits per heavy atom. The third kappa shape index (κ3) is 4.96. The first-order valence-corrected chi connectivity index (χ1v) is 7.38. The summed E-state index contributed by atoms with van der Waals surface area (Å²) >= 11 is 0. The lowest BCUT2D eigenvalue weighted by Crippen LogP contribution is -2.06. The molecule has 0 saturated heterocycles. The molecule has 0 saturated carbocycles. The molecule has 0 fully saturated rings. The van der Waals surface area contributed by atoms with Crippen molar-refractivity contribution in [2.45, 2.75) is 13.5 Å². The average Bonchev–Trinajstić information content (AvgIpc) is 2.60. The van der Waals surface area contributed by atoms with E-state index in [-0.39, 0.29) is 24.6 Å². The van der Waals surface area contributed by atoms with Crippen molar-refractivity contribution in [3.05, 3.63) is 71.0 Å². The zero-order valence-corrected chi connectivity index (χ0v) is 13.2. The maximum Gasteiger partial charge on any atom is 0.348 e. The van der Waals surface area contributed by atoms with E-state index < -0.39 is 5.97 Å². The highest BCUT2D eigenvalue weighted by molar-refractivity contribution is 5.97. The fourth-order valence-corrected chi connectivity index (χ4v) is 1.95. The van der Waals surface area contributed by atoms with Crippen molar-refractivity contribution < 1.29 is 18.7 Å². The third-order valence-electron chi connectivity index (χ3n) is 3.10. The Bertz CT molecular complexity index is 776. The Balaban J connectivity index is 2.09. The minimum Gasteiger partial charge on any atom is -0.489 e. The molecule has 0 aromatic heterocycles. The summed E-state index contributed by atoms with van der Waals surface area (Å²) in [6.45, 7) is 2.17. The molecule has 2 aromatic rings. The first-order valence-electron chi connectivity index (χ1n) is 7.38. The number of carbonyl (C=O) groups excluding carboxylic acids is 1. The summed E-state index contributed by atoms with van der Waals surface area (Å²) < 4.78 is 23.3. The van der Waals surface area contributed by atoms with Gasteiger partial charge in [-0.3, -0.25) is 0 Å². The molecule has 0 spiro atoms. The van der Waals surface area contributed by atoms with Crippen LogP contribution in [0, 0.1) is 17.1 Å². The second kappa shape index (κ2) is 8.49. The number of ether oxygens (including phenoxy) is 2. The predicted molar refractivity (Wildman–Crippen MR) is 87.4 cm³/mol. The number of rotatable bonds is 6. The van der Waals surface area contributed by atoms with Gasteiger partial charge >= 0.3 is 5.97 Å². The van der Waals surface area contributed by atoms with Crippen LogP contribution in [0.1, 0.15) is 18.1 Å². The predicted octanol–water partition coefficient (Wildman–Crippen LogP) is 3.87. The lowest BCUT2D eigenvalue weighted by molar-refractivity contribution is -0.137. The molecule has 0 unspecified atom stereocenters. The Morgan fingerprint density at radius 3 is 2.67 bits per heavy atom. The number of carbonyl (C=O) groups is 1. The third-order valence-corrected chi connectivity index (χ3v) is 3.10. The Labute approximate surface area is 139 Å². The van der Waals surface area contributed by atoms with Crippen molar-refractivity contribution in [1.29, 1.82) is 5.26 Å². The van der Waals surface area contributed by atoms with E-state index in [0.29, 0.717) is 11.3 Å². The quantitative estimate of drug-likeness (QED) is 0.459. The van der Waals surface area contributed by atoms with Crippen molar-refractivity contribution in [3.8, 4) is 11.8 Å². The van der Waals surface area contributed by atoms with E-state index in [1.54, 1.807) is 43.3 Å². The molecule has 2 rings (SSSR count). The van der Waals surface area contributed by atoms with Crippen LogP contribution in [0.4, 0.5) is 4.39 Å². The Morgan fingerprint density at radius 1 is 1.25 bits per heavy atom. The zero-order chi connectivity index (χ0) is 17.4. The molecule has 0 radical (unpaired) electrons. The van der Waals surface area contributed by atoms with Gasteiger partial charge in [-0.25, -0.2) is 9.18 Å². The maximum atomic E-state index is 12.9. The molecule has 0 bridgehead atoms. The Hall–Kier alpha value is -3.13. The summed E-state index contributed by atoms with van der Waals surface area (Å²) in [4.78, 5) is 11.6. The van der Waals surface area contributed by atoms with Crippen LogP contribution in [-0.4, -0.2) is 12.6 Å². The molecule has 0 aliphatic rings. The molecule has 0 N–H and O–H groups in total. The van der Waals surface area contributed by atoms with Crippen molar-refractivity contribution in [3.63, 3.8) is 0 Å². The van der Waals surface area contributed by atoms with Crippen LogP contribution >= 0.6 is 0 Å². The molecule has 0 atom stereocenters. The minimum atomic E-state index is -0.655. The van der Waals surface area contributed by atoms with Crippen molar-refractivity contribution in [2.24, 2.45) is 0 Å². The SMILES string of the molecule is CCOC(=O)/C(C#N)=C/c1cccc(OCc2ccc(F)cc2)c1. The van der Waals surface area contributed by atoms with Gasteiger partial charge in [0.2, 0.25) is 0 Å². The van der Waals surface area contributed by atoms with Gasteiger partial charge in [0.05, 0.1) is 6.61 Å². The van der Waals surface area contributed by atoms with Gasteiger partial charge in [0, 0.05) is 0 Å². The highest BCUT2D eigenvalue weighted by Crippen LogP contribution is 2.18. The maximum absolute atomic E-state index is 12.9. The van der Waals surface area contributed by atoms with Crippen LogP contribution < -0.4 is 4.74 Å². The summed E-state index contributed by atoms with van der Waals surface area (Å²) in [6, 6.07) is 14.8. The highest BCUT2D eigenvalue weighted by Gasteiger charge is 2.09. The molecule has 5 heteroatoms. The van der Waals surface area contributed by atoms with Gasteiger partial charge in [-0.1, -0.05) is 24.3 Å². The number of benzene rings is 2. The van der Waals surface area contributed by atoms with Gasteiger partial charge in [0.1, 0.15) is 29.8 Å². The summed E-state index contributed by atoms with van der Waals surface area (Å²) in [6.07, 6.45) is 1.45. The summed E-state index contributed by atoms with van der Waals surface area (Å²) in [5.41, 5.74) is 1.41. The van der Waals surface area contributed by atoms with E-state index in [9.17, 15) is 9.18 Å². The smallest absolute Gasteiger partial charge is 0.348 e. The highest BCUT2D eigenvalue weighted by atomic mass is 19.1. The van der Waals surface area contributed by atoms with E-state index in [4.69, 9.17) is 14.7 Å². The van der Waals surface area contributed by atoms with Crippen molar-refractivity contribution >= 4 is 12.0 Å². The second-order valence-electron chi connectivity index (χ2n) is 4.88. The van der Waals surface area contributed by atoms with Crippen LogP contribution in [-0.2, 0) is 16.1 Å². The monoisotopic (exact) mass is 325 g/mol. The standard InChI is InChI=1S/C19H16FNO3/c1-2-23-19(22)16(12-21)10-15-4-3-5-18(11-15)24-13-14-6-8-17(20)9-7-14/h3-11H,2,13H2,1H3/b16-10+. The molecular formula is C19H16FNO3. The van der Waals surface area contributed by atoms with E-state index in [1.165, 1.54) is 18.2 Å². The van der Waals surface area contributed by atoms with E-state index in [1.807, 2.05) is 6.07 Å². The Kier molecular flexibility index (Phi) is 6.09. The number of nitrogens with zero attached hydrogens (tertiary/aromatic N) is 1. The number of hydrogen-bond acceptors (Lipinski definition) is 4. The lowest BCUT2D eigenvalue weighted by Gasteiger charge is -2.07. The largest absolute Gasteiger partial charge is 0.489 e. The molecular weight excluding hydrogens is 309 g/mol. The van der Waals surface area contributed by atoms with Gasteiger partial charge in [-0.2, -0.15) is 5.26 Å². The number of hydrogen-bond donors (Lipinski definition) is 0. The summed E-state index contributed by atoms with van der Waals surface area (Å²) in [5.74, 6) is -0.374. The molecule has 0 heterocycles. The number of esters is 1. The molecule has 122 valence electrons. The van der Waals surface area contributed by atoms with E-state index in [0.717, 1.165) is 5.56 Å². The van der Waals surface area contributed by atoms with Gasteiger partial charge < -0.3 is 9.47 Å². The number of nitriles is 1. The molecule has 0 aliphatic heterocycles. The lowest BCUT2D eigenvalue weighted by atomic mass is 10.1. The van der Waals surface area contributed by atoms with Crippen LogP contribution in [0.2, 0.25) is 0 Å². The van der Waals surface area contributed by atoms with Crippen molar-refractivity contribution in [2.75, 3.05) is 6.61 Å². The van der Waals surface area contributed by atoms with E-state index in [2.05, 4.69) is 0 Å².